The summed E-state index contributed by atoms with van der Waals surface area (Å²) in [4.78, 5) is 33.8. The van der Waals surface area contributed by atoms with Gasteiger partial charge in [0.15, 0.2) is 4.32 Å². The average Bonchev–Trinajstić information content (AvgIpc) is 2.95. The number of nitrogens with one attached hydrogen (secondary N) is 1. The molecule has 4 rings (SSSR count). The number of carbonyl (C=O) groups is 2. The molecule has 0 aliphatic carbocycles. The first-order valence-corrected chi connectivity index (χ1v) is 9.32. The summed E-state index contributed by atoms with van der Waals surface area (Å²) in [7, 11) is 0. The molecule has 0 bridgehead atoms. The molecule has 1 aromatic heterocycles. The van der Waals surface area contributed by atoms with Gasteiger partial charge in [0.25, 0.3) is 11.8 Å². The highest BCUT2D eigenvalue weighted by atomic mass is 32.2. The Kier molecular flexibility index (Phi) is 4.76. The van der Waals surface area contributed by atoms with Crippen molar-refractivity contribution < 1.29 is 14.7 Å². The van der Waals surface area contributed by atoms with Crippen molar-refractivity contribution in [2.45, 2.75) is 0 Å². The third-order valence-electron chi connectivity index (χ3n) is 3.93. The summed E-state index contributed by atoms with van der Waals surface area (Å²) in [5.74, 6) is -0.870. The van der Waals surface area contributed by atoms with Gasteiger partial charge >= 0.3 is 0 Å². The quantitative estimate of drug-likeness (QED) is 0.508. The second-order valence-electron chi connectivity index (χ2n) is 5.81. The van der Waals surface area contributed by atoms with Gasteiger partial charge in [0.05, 0.1) is 15.9 Å². The maximum Gasteiger partial charge on any atom is 0.285 e. The summed E-state index contributed by atoms with van der Waals surface area (Å²) in [5.41, 5.74) is 5.04. The number of hydrogen-bond donors (Lipinski definition) is 2. The minimum Gasteiger partial charge on any atom is -0.508 e. The van der Waals surface area contributed by atoms with Crippen LogP contribution in [0.2, 0.25) is 0 Å². The van der Waals surface area contributed by atoms with Gasteiger partial charge in [0, 0.05) is 18.0 Å². The van der Waals surface area contributed by atoms with E-state index in [1.165, 1.54) is 24.3 Å². The molecular formula is C19H12N4O3S2. The van der Waals surface area contributed by atoms with Gasteiger partial charge < -0.3 is 5.11 Å². The number of hydrogen-bond acceptors (Lipinski definition) is 7. The Bertz CT molecular complexity index is 1150. The Balaban J connectivity index is 1.55. The number of nitrogens with zero attached hydrogens (tertiary/aromatic N) is 3. The first-order valence-electron chi connectivity index (χ1n) is 8.10. The van der Waals surface area contributed by atoms with Crippen LogP contribution in [0.4, 0.5) is 0 Å². The molecule has 1 saturated heterocycles. The van der Waals surface area contributed by atoms with Gasteiger partial charge in [0.2, 0.25) is 0 Å². The summed E-state index contributed by atoms with van der Waals surface area (Å²) < 4.78 is 0.226. The molecule has 0 spiro atoms. The average molecular weight is 408 g/mol. The van der Waals surface area contributed by atoms with E-state index in [9.17, 15) is 14.7 Å². The predicted octanol–water partition coefficient (Wildman–Crippen LogP) is 2.88. The lowest BCUT2D eigenvalue weighted by atomic mass is 10.2. The van der Waals surface area contributed by atoms with E-state index in [1.54, 1.807) is 18.5 Å². The van der Waals surface area contributed by atoms with E-state index >= 15 is 0 Å². The van der Waals surface area contributed by atoms with Gasteiger partial charge in [-0.25, -0.2) is 0 Å². The van der Waals surface area contributed by atoms with Gasteiger partial charge in [-0.1, -0.05) is 17.8 Å². The number of aromatic nitrogens is 2. The number of hydrazine groups is 1. The fraction of sp³-hybridized carbons (Fsp3) is 0. The zero-order valence-electron chi connectivity index (χ0n) is 14.2. The van der Waals surface area contributed by atoms with Gasteiger partial charge in [-0.3, -0.25) is 25.0 Å². The molecule has 3 aromatic rings. The van der Waals surface area contributed by atoms with Crippen molar-refractivity contribution in [2.75, 3.05) is 0 Å². The molecule has 9 heteroatoms. The van der Waals surface area contributed by atoms with Gasteiger partial charge in [-0.05, 0) is 60.3 Å². The van der Waals surface area contributed by atoms with Crippen LogP contribution in [0.5, 0.6) is 5.75 Å². The minimum atomic E-state index is -0.501. The van der Waals surface area contributed by atoms with E-state index in [2.05, 4.69) is 15.4 Å². The highest BCUT2D eigenvalue weighted by Crippen LogP contribution is 2.31. The van der Waals surface area contributed by atoms with Crippen LogP contribution in [0.15, 0.2) is 59.8 Å². The Morgan fingerprint density at radius 2 is 1.82 bits per heavy atom. The van der Waals surface area contributed by atoms with Crippen molar-refractivity contribution in [2.24, 2.45) is 0 Å². The zero-order chi connectivity index (χ0) is 19.7. The number of thiocarbonyl (C=S) groups is 1. The fourth-order valence-corrected chi connectivity index (χ4v) is 3.74. The summed E-state index contributed by atoms with van der Waals surface area (Å²) >= 11 is 6.33. The SMILES string of the molecule is O=C(NN1C(=O)/C(=C/c2ccc3nccnc3c2)SC1=S)c1ccc(O)cc1. The summed E-state index contributed by atoms with van der Waals surface area (Å²) in [5, 5.41) is 10.4. The van der Waals surface area contributed by atoms with Crippen molar-refractivity contribution in [3.63, 3.8) is 0 Å². The number of rotatable bonds is 3. The largest absolute Gasteiger partial charge is 0.508 e. The van der Waals surface area contributed by atoms with E-state index in [4.69, 9.17) is 12.2 Å². The number of aromatic hydroxyl groups is 1. The number of amides is 2. The lowest BCUT2D eigenvalue weighted by Crippen LogP contribution is -2.44. The molecule has 28 heavy (non-hydrogen) atoms. The second kappa shape index (κ2) is 7.37. The van der Waals surface area contributed by atoms with Crippen LogP contribution in [-0.4, -0.2) is 36.2 Å². The summed E-state index contributed by atoms with van der Waals surface area (Å²) in [6.45, 7) is 0. The zero-order valence-corrected chi connectivity index (χ0v) is 15.8. The van der Waals surface area contributed by atoms with Crippen molar-refractivity contribution in [1.82, 2.24) is 20.4 Å². The lowest BCUT2D eigenvalue weighted by molar-refractivity contribution is -0.123. The normalized spacial score (nSPS) is 15.4. The number of phenolic OH excluding ortho intramolecular Hbond substituents is 1. The molecule has 0 unspecified atom stereocenters. The molecule has 138 valence electrons. The van der Waals surface area contributed by atoms with Crippen LogP contribution in [0.3, 0.4) is 0 Å². The monoisotopic (exact) mass is 408 g/mol. The maximum atomic E-state index is 12.7. The Morgan fingerprint density at radius 1 is 1.11 bits per heavy atom. The van der Waals surface area contributed by atoms with Crippen molar-refractivity contribution in [1.29, 1.82) is 0 Å². The third-order valence-corrected chi connectivity index (χ3v) is 5.23. The van der Waals surface area contributed by atoms with E-state index < -0.39 is 11.8 Å². The number of carbonyl (C=O) groups excluding carboxylic acids is 2. The van der Waals surface area contributed by atoms with Gasteiger partial charge in [-0.2, -0.15) is 5.01 Å². The highest BCUT2D eigenvalue weighted by Gasteiger charge is 2.33. The maximum absolute atomic E-state index is 12.7. The first kappa shape index (κ1) is 18.1. The van der Waals surface area contributed by atoms with Crippen LogP contribution in [-0.2, 0) is 4.79 Å². The molecule has 2 heterocycles. The molecule has 2 aromatic carbocycles. The van der Waals surface area contributed by atoms with Crippen LogP contribution in [0.1, 0.15) is 15.9 Å². The van der Waals surface area contributed by atoms with Crippen LogP contribution >= 0.6 is 24.0 Å². The predicted molar refractivity (Wildman–Crippen MR) is 110 cm³/mol. The second-order valence-corrected chi connectivity index (χ2v) is 7.49. The molecule has 0 saturated carbocycles. The smallest absolute Gasteiger partial charge is 0.285 e. The molecule has 7 nitrogen and oxygen atoms in total. The third kappa shape index (κ3) is 3.57. The summed E-state index contributed by atoms with van der Waals surface area (Å²) in [6.07, 6.45) is 4.91. The molecule has 0 radical (unpaired) electrons. The number of benzene rings is 2. The topological polar surface area (TPSA) is 95.4 Å². The standard InChI is InChI=1S/C19H12N4O3S2/c24-13-4-2-12(3-5-13)17(25)22-23-18(26)16(28-19(23)27)10-11-1-6-14-15(9-11)21-8-7-20-14/h1-10,24H,(H,22,25)/b16-10-. The Morgan fingerprint density at radius 3 is 2.57 bits per heavy atom. The van der Waals surface area contributed by atoms with Crippen LogP contribution in [0, 0.1) is 0 Å². The lowest BCUT2D eigenvalue weighted by Gasteiger charge is -2.15. The molecule has 1 aliphatic heterocycles. The number of phenols is 1. The summed E-state index contributed by atoms with van der Waals surface area (Å²) in [6, 6.07) is 11.2. The van der Waals surface area contributed by atoms with Gasteiger partial charge in [-0.15, -0.1) is 0 Å². The van der Waals surface area contributed by atoms with Crippen molar-refractivity contribution >= 4 is 57.2 Å². The van der Waals surface area contributed by atoms with Crippen molar-refractivity contribution in [3.05, 3.63) is 70.9 Å². The first-order chi connectivity index (χ1) is 13.5. The number of thioether (sulfide) groups is 1. The highest BCUT2D eigenvalue weighted by molar-refractivity contribution is 8.26. The molecule has 0 atom stereocenters. The van der Waals surface area contributed by atoms with E-state index in [1.807, 2.05) is 18.2 Å². The van der Waals surface area contributed by atoms with Crippen molar-refractivity contribution in [3.8, 4) is 5.75 Å². The van der Waals surface area contributed by atoms with Crippen LogP contribution < -0.4 is 5.43 Å². The van der Waals surface area contributed by atoms with E-state index in [0.717, 1.165) is 27.9 Å². The molecule has 2 amide bonds. The van der Waals surface area contributed by atoms with Crippen LogP contribution in [0.25, 0.3) is 17.1 Å². The number of fused-ring (bicyclic) bond motifs is 1. The van der Waals surface area contributed by atoms with E-state index in [0.29, 0.717) is 16.0 Å². The molecule has 1 aliphatic rings. The fourth-order valence-electron chi connectivity index (χ4n) is 2.56. The van der Waals surface area contributed by atoms with E-state index in [-0.39, 0.29) is 10.1 Å². The Labute approximate surface area is 169 Å². The molecule has 1 fully saturated rings. The molecule has 2 N–H and O–H groups in total. The minimum absolute atomic E-state index is 0.0465. The van der Waals surface area contributed by atoms with Gasteiger partial charge in [0.1, 0.15) is 5.75 Å². The molecular weight excluding hydrogens is 396 g/mol. The Hall–Kier alpha value is -3.30.